The fourth-order valence-corrected chi connectivity index (χ4v) is 1.19. The molecule has 0 aromatic heterocycles. The number of rotatable bonds is 2. The van der Waals surface area contributed by atoms with E-state index in [1.54, 1.807) is 25.1 Å². The molecule has 1 aromatic carbocycles. The van der Waals surface area contributed by atoms with Crippen molar-refractivity contribution in [1.29, 1.82) is 0 Å². The molecular weight excluding hydrogens is 172 g/mol. The summed E-state index contributed by atoms with van der Waals surface area (Å²) >= 11 is 0. The standard InChI is InChI=1S/C10H13F2N/c1-7-5-3-4-6-9(7)10(11,12)8(2)13/h3-6,8H,13H2,1-2H3. The molecule has 0 amide bonds. The van der Waals surface area contributed by atoms with Gasteiger partial charge in [-0.15, -0.1) is 0 Å². The molecule has 13 heavy (non-hydrogen) atoms. The van der Waals surface area contributed by atoms with E-state index < -0.39 is 12.0 Å². The number of benzene rings is 1. The smallest absolute Gasteiger partial charge is 0.287 e. The average molecular weight is 185 g/mol. The normalized spacial score (nSPS) is 14.2. The molecule has 1 rings (SSSR count). The highest BCUT2D eigenvalue weighted by Crippen LogP contribution is 2.32. The molecule has 1 unspecified atom stereocenters. The van der Waals surface area contributed by atoms with Crippen molar-refractivity contribution >= 4 is 0 Å². The van der Waals surface area contributed by atoms with Crippen LogP contribution in [0.2, 0.25) is 0 Å². The second-order valence-electron chi connectivity index (χ2n) is 3.23. The number of hydrogen-bond acceptors (Lipinski definition) is 1. The minimum Gasteiger partial charge on any atom is -0.323 e. The molecule has 1 nitrogen and oxygen atoms in total. The van der Waals surface area contributed by atoms with Crippen LogP contribution in [0.25, 0.3) is 0 Å². The van der Waals surface area contributed by atoms with E-state index in [2.05, 4.69) is 0 Å². The molecule has 0 aliphatic heterocycles. The molecule has 0 spiro atoms. The van der Waals surface area contributed by atoms with E-state index in [9.17, 15) is 8.78 Å². The number of nitrogens with two attached hydrogens (primary N) is 1. The van der Waals surface area contributed by atoms with Crippen LogP contribution < -0.4 is 5.73 Å². The summed E-state index contributed by atoms with van der Waals surface area (Å²) in [5, 5.41) is 0. The minimum absolute atomic E-state index is 0.0185. The average Bonchev–Trinajstić information content (AvgIpc) is 2.04. The summed E-state index contributed by atoms with van der Waals surface area (Å²) in [5.41, 5.74) is 5.81. The highest BCUT2D eigenvalue weighted by Gasteiger charge is 2.37. The van der Waals surface area contributed by atoms with Crippen LogP contribution in [0.4, 0.5) is 8.78 Å². The lowest BCUT2D eigenvalue weighted by atomic mass is 9.98. The molecule has 0 saturated heterocycles. The molecule has 3 heteroatoms. The summed E-state index contributed by atoms with van der Waals surface area (Å²) in [5.74, 6) is -2.94. The van der Waals surface area contributed by atoms with Gasteiger partial charge in [0.2, 0.25) is 0 Å². The van der Waals surface area contributed by atoms with E-state index in [0.717, 1.165) is 0 Å². The Balaban J connectivity index is 3.14. The Kier molecular flexibility index (Phi) is 2.66. The van der Waals surface area contributed by atoms with Gasteiger partial charge in [-0.25, -0.2) is 0 Å². The topological polar surface area (TPSA) is 26.0 Å². The number of hydrogen-bond donors (Lipinski definition) is 1. The Labute approximate surface area is 76.6 Å². The van der Waals surface area contributed by atoms with Gasteiger partial charge in [0, 0.05) is 5.56 Å². The molecule has 0 saturated carbocycles. The van der Waals surface area contributed by atoms with Crippen molar-refractivity contribution in [3.63, 3.8) is 0 Å². The SMILES string of the molecule is Cc1ccccc1C(F)(F)C(C)N. The van der Waals surface area contributed by atoms with Crippen molar-refractivity contribution in [3.8, 4) is 0 Å². The second-order valence-corrected chi connectivity index (χ2v) is 3.23. The third-order valence-electron chi connectivity index (χ3n) is 2.08. The van der Waals surface area contributed by atoms with Crippen LogP contribution in [-0.4, -0.2) is 6.04 Å². The van der Waals surface area contributed by atoms with Crippen LogP contribution in [-0.2, 0) is 5.92 Å². The van der Waals surface area contributed by atoms with Crippen molar-refractivity contribution in [3.05, 3.63) is 35.4 Å². The molecule has 1 aromatic rings. The summed E-state index contributed by atoms with van der Waals surface area (Å²) in [6.45, 7) is 2.97. The fourth-order valence-electron chi connectivity index (χ4n) is 1.19. The lowest BCUT2D eigenvalue weighted by Crippen LogP contribution is -2.36. The van der Waals surface area contributed by atoms with E-state index in [4.69, 9.17) is 5.73 Å². The molecular formula is C10H13F2N. The van der Waals surface area contributed by atoms with Gasteiger partial charge in [0.05, 0.1) is 6.04 Å². The third kappa shape index (κ3) is 1.86. The van der Waals surface area contributed by atoms with E-state index in [-0.39, 0.29) is 5.56 Å². The predicted octanol–water partition coefficient (Wildman–Crippen LogP) is 2.43. The van der Waals surface area contributed by atoms with Gasteiger partial charge in [-0.3, -0.25) is 0 Å². The zero-order valence-electron chi connectivity index (χ0n) is 7.72. The van der Waals surface area contributed by atoms with Crippen LogP contribution in [0.15, 0.2) is 24.3 Å². The first-order chi connectivity index (χ1) is 5.96. The Bertz CT molecular complexity index is 295. The van der Waals surface area contributed by atoms with E-state index >= 15 is 0 Å². The Hall–Kier alpha value is -0.960. The molecule has 72 valence electrons. The second kappa shape index (κ2) is 3.42. The molecule has 0 radical (unpaired) electrons. The number of halogens is 2. The maximum Gasteiger partial charge on any atom is 0.287 e. The van der Waals surface area contributed by atoms with E-state index in [0.29, 0.717) is 5.56 Å². The van der Waals surface area contributed by atoms with Crippen molar-refractivity contribution in [2.75, 3.05) is 0 Å². The zero-order valence-corrected chi connectivity index (χ0v) is 7.72. The number of aryl methyl sites for hydroxylation is 1. The summed E-state index contributed by atoms with van der Waals surface area (Å²) in [6.07, 6.45) is 0. The Morgan fingerprint density at radius 1 is 1.31 bits per heavy atom. The maximum absolute atomic E-state index is 13.4. The zero-order chi connectivity index (χ0) is 10.1. The predicted molar refractivity (Wildman–Crippen MR) is 48.7 cm³/mol. The minimum atomic E-state index is -2.94. The van der Waals surface area contributed by atoms with Crippen molar-refractivity contribution in [2.45, 2.75) is 25.8 Å². The van der Waals surface area contributed by atoms with Crippen molar-refractivity contribution in [2.24, 2.45) is 5.73 Å². The highest BCUT2D eigenvalue weighted by molar-refractivity contribution is 5.30. The summed E-state index contributed by atoms with van der Waals surface area (Å²) in [7, 11) is 0. The van der Waals surface area contributed by atoms with Gasteiger partial charge >= 0.3 is 0 Å². The highest BCUT2D eigenvalue weighted by atomic mass is 19.3. The van der Waals surface area contributed by atoms with Crippen LogP contribution in [0.5, 0.6) is 0 Å². The summed E-state index contributed by atoms with van der Waals surface area (Å²) in [4.78, 5) is 0. The van der Waals surface area contributed by atoms with Crippen molar-refractivity contribution in [1.82, 2.24) is 0 Å². The molecule has 0 aliphatic rings. The third-order valence-corrected chi connectivity index (χ3v) is 2.08. The molecule has 0 heterocycles. The molecule has 0 bridgehead atoms. The lowest BCUT2D eigenvalue weighted by molar-refractivity contribution is -0.0262. The van der Waals surface area contributed by atoms with Crippen molar-refractivity contribution < 1.29 is 8.78 Å². The van der Waals surface area contributed by atoms with Gasteiger partial charge in [-0.05, 0) is 19.4 Å². The molecule has 0 aliphatic carbocycles. The van der Waals surface area contributed by atoms with Gasteiger partial charge in [0.25, 0.3) is 5.92 Å². The monoisotopic (exact) mass is 185 g/mol. The molecule has 0 fully saturated rings. The van der Waals surface area contributed by atoms with Crippen LogP contribution in [0, 0.1) is 6.92 Å². The maximum atomic E-state index is 13.4. The Morgan fingerprint density at radius 2 is 1.85 bits per heavy atom. The van der Waals surface area contributed by atoms with Crippen LogP contribution in [0.3, 0.4) is 0 Å². The molecule has 2 N–H and O–H groups in total. The van der Waals surface area contributed by atoms with E-state index in [1.807, 2.05) is 0 Å². The van der Waals surface area contributed by atoms with Crippen LogP contribution >= 0.6 is 0 Å². The first kappa shape index (κ1) is 10.1. The fraction of sp³-hybridized carbons (Fsp3) is 0.400. The van der Waals surface area contributed by atoms with Gasteiger partial charge in [-0.1, -0.05) is 24.3 Å². The van der Waals surface area contributed by atoms with Gasteiger partial charge in [0.1, 0.15) is 0 Å². The quantitative estimate of drug-likeness (QED) is 0.752. The first-order valence-electron chi connectivity index (χ1n) is 4.15. The summed E-state index contributed by atoms with van der Waals surface area (Å²) < 4.78 is 26.8. The van der Waals surface area contributed by atoms with Gasteiger partial charge in [-0.2, -0.15) is 8.78 Å². The lowest BCUT2D eigenvalue weighted by Gasteiger charge is -2.22. The Morgan fingerprint density at radius 3 is 2.31 bits per heavy atom. The largest absolute Gasteiger partial charge is 0.323 e. The first-order valence-corrected chi connectivity index (χ1v) is 4.15. The number of alkyl halides is 2. The molecule has 1 atom stereocenters. The van der Waals surface area contributed by atoms with Gasteiger partial charge < -0.3 is 5.73 Å². The van der Waals surface area contributed by atoms with Gasteiger partial charge in [0.15, 0.2) is 0 Å². The van der Waals surface area contributed by atoms with E-state index in [1.165, 1.54) is 13.0 Å². The summed E-state index contributed by atoms with van der Waals surface area (Å²) in [6, 6.07) is 5.24. The van der Waals surface area contributed by atoms with Crippen LogP contribution in [0.1, 0.15) is 18.1 Å².